The Hall–Kier alpha value is -3.37. The highest BCUT2D eigenvalue weighted by Crippen LogP contribution is 2.24. The topological polar surface area (TPSA) is 160 Å². The Balaban J connectivity index is 2.94. The predicted molar refractivity (Wildman–Crippen MR) is 79.6 cm³/mol. The molecule has 1 amide bonds. The van der Waals surface area contributed by atoms with Gasteiger partial charge >= 0.3 is 0 Å². The Morgan fingerprint density at radius 3 is 2.39 bits per heavy atom. The van der Waals surface area contributed by atoms with E-state index in [2.05, 4.69) is 15.7 Å². The number of rotatable bonds is 6. The smallest absolute Gasteiger partial charge is 0.279 e. The standard InChI is InChI=1S/C12H13N5O6/c1-7(8(2)15-19)13-14-12(18)5-9-3-4-10(16(20)21)6-11(9)17(22)23/h3-4,6,19H,5H2,1-2H3,(H,14,18). The molecule has 122 valence electrons. The zero-order valence-corrected chi connectivity index (χ0v) is 12.2. The molecule has 2 N–H and O–H groups in total. The molecule has 0 radical (unpaired) electrons. The van der Waals surface area contributed by atoms with E-state index in [0.717, 1.165) is 18.2 Å². The highest BCUT2D eigenvalue weighted by molar-refractivity contribution is 6.40. The Bertz CT molecular complexity index is 712. The molecule has 1 aromatic rings. The number of nitro groups is 2. The van der Waals surface area contributed by atoms with Gasteiger partial charge in [-0.05, 0) is 19.9 Å². The number of hydrogen-bond donors (Lipinski definition) is 2. The highest BCUT2D eigenvalue weighted by Gasteiger charge is 2.21. The van der Waals surface area contributed by atoms with Gasteiger partial charge in [0.05, 0.1) is 33.8 Å². The van der Waals surface area contributed by atoms with Gasteiger partial charge in [0.25, 0.3) is 11.4 Å². The van der Waals surface area contributed by atoms with Crippen LogP contribution in [0.15, 0.2) is 28.5 Å². The first-order valence-electron chi connectivity index (χ1n) is 6.20. The van der Waals surface area contributed by atoms with E-state index in [1.807, 2.05) is 0 Å². The summed E-state index contributed by atoms with van der Waals surface area (Å²) in [6, 6.07) is 3.01. The third kappa shape index (κ3) is 4.84. The van der Waals surface area contributed by atoms with Gasteiger partial charge in [-0.25, -0.2) is 5.43 Å². The maximum atomic E-state index is 11.7. The van der Waals surface area contributed by atoms with E-state index in [1.165, 1.54) is 13.8 Å². The first-order chi connectivity index (χ1) is 10.8. The summed E-state index contributed by atoms with van der Waals surface area (Å²) < 4.78 is 0. The van der Waals surface area contributed by atoms with Gasteiger partial charge in [0.2, 0.25) is 5.91 Å². The number of nitrogens with one attached hydrogen (secondary N) is 1. The van der Waals surface area contributed by atoms with E-state index in [1.54, 1.807) is 0 Å². The highest BCUT2D eigenvalue weighted by atomic mass is 16.6. The third-order valence-electron chi connectivity index (χ3n) is 2.85. The molecule has 0 aliphatic heterocycles. The summed E-state index contributed by atoms with van der Waals surface area (Å²) in [5.41, 5.74) is 1.63. The van der Waals surface area contributed by atoms with Crippen LogP contribution in [-0.2, 0) is 11.2 Å². The van der Waals surface area contributed by atoms with Crippen molar-refractivity contribution in [3.05, 3.63) is 44.0 Å². The second-order valence-corrected chi connectivity index (χ2v) is 4.42. The van der Waals surface area contributed by atoms with Crippen molar-refractivity contribution in [3.63, 3.8) is 0 Å². The summed E-state index contributed by atoms with van der Waals surface area (Å²) in [7, 11) is 0. The molecular formula is C12H13N5O6. The molecule has 0 spiro atoms. The third-order valence-corrected chi connectivity index (χ3v) is 2.85. The number of hydrazone groups is 1. The van der Waals surface area contributed by atoms with Crippen LogP contribution in [-0.4, -0.2) is 32.4 Å². The number of carbonyl (C=O) groups excluding carboxylic acids is 1. The first kappa shape index (κ1) is 17.7. The number of nitrogens with zero attached hydrogens (tertiary/aromatic N) is 4. The maximum absolute atomic E-state index is 11.7. The van der Waals surface area contributed by atoms with E-state index < -0.39 is 27.1 Å². The molecule has 23 heavy (non-hydrogen) atoms. The molecule has 0 bridgehead atoms. The Morgan fingerprint density at radius 2 is 1.87 bits per heavy atom. The molecule has 0 fully saturated rings. The van der Waals surface area contributed by atoms with Crippen LogP contribution in [0.4, 0.5) is 11.4 Å². The normalized spacial score (nSPS) is 11.9. The molecule has 1 rings (SSSR count). The molecule has 0 saturated carbocycles. The van der Waals surface area contributed by atoms with Crippen molar-refractivity contribution in [3.8, 4) is 0 Å². The molecule has 0 unspecified atom stereocenters. The van der Waals surface area contributed by atoms with Crippen LogP contribution in [0.3, 0.4) is 0 Å². The minimum Gasteiger partial charge on any atom is -0.411 e. The van der Waals surface area contributed by atoms with Crippen LogP contribution in [0.1, 0.15) is 19.4 Å². The van der Waals surface area contributed by atoms with E-state index in [0.29, 0.717) is 0 Å². The van der Waals surface area contributed by atoms with E-state index >= 15 is 0 Å². The number of nitro benzene ring substituents is 2. The van der Waals surface area contributed by atoms with Crippen LogP contribution in [0.2, 0.25) is 0 Å². The number of oxime groups is 1. The van der Waals surface area contributed by atoms with Crippen molar-refractivity contribution in [2.24, 2.45) is 10.3 Å². The number of benzene rings is 1. The van der Waals surface area contributed by atoms with Gasteiger partial charge in [0, 0.05) is 11.6 Å². The lowest BCUT2D eigenvalue weighted by molar-refractivity contribution is -0.394. The Morgan fingerprint density at radius 1 is 1.22 bits per heavy atom. The summed E-state index contributed by atoms with van der Waals surface area (Å²) in [6.45, 7) is 2.95. The van der Waals surface area contributed by atoms with Gasteiger partial charge in [-0.1, -0.05) is 5.16 Å². The lowest BCUT2D eigenvalue weighted by Crippen LogP contribution is -2.23. The average Bonchev–Trinajstić information content (AvgIpc) is 2.51. The van der Waals surface area contributed by atoms with Crippen LogP contribution in [0.5, 0.6) is 0 Å². The monoisotopic (exact) mass is 323 g/mol. The van der Waals surface area contributed by atoms with Crippen molar-refractivity contribution in [1.29, 1.82) is 0 Å². The van der Waals surface area contributed by atoms with Crippen LogP contribution >= 0.6 is 0 Å². The second-order valence-electron chi connectivity index (χ2n) is 4.42. The van der Waals surface area contributed by atoms with Crippen molar-refractivity contribution in [2.75, 3.05) is 0 Å². The summed E-state index contributed by atoms with van der Waals surface area (Å²) in [6.07, 6.45) is -0.388. The van der Waals surface area contributed by atoms with Crippen molar-refractivity contribution in [2.45, 2.75) is 20.3 Å². The quantitative estimate of drug-likeness (QED) is 0.348. The van der Waals surface area contributed by atoms with Gasteiger partial charge in [0.15, 0.2) is 0 Å². The summed E-state index contributed by atoms with van der Waals surface area (Å²) >= 11 is 0. The average molecular weight is 323 g/mol. The molecule has 0 aromatic heterocycles. The fraction of sp³-hybridized carbons (Fsp3) is 0.250. The molecule has 0 aliphatic carbocycles. The molecule has 0 heterocycles. The summed E-state index contributed by atoms with van der Waals surface area (Å²) in [5.74, 6) is -0.660. The van der Waals surface area contributed by atoms with Gasteiger partial charge in [-0.3, -0.25) is 25.0 Å². The molecule has 0 aliphatic rings. The Labute approximate surface area is 129 Å². The minimum atomic E-state index is -0.799. The predicted octanol–water partition coefficient (Wildman–Crippen LogP) is 1.39. The Kier molecular flexibility index (Phi) is 5.83. The van der Waals surface area contributed by atoms with Crippen molar-refractivity contribution in [1.82, 2.24) is 5.43 Å². The zero-order chi connectivity index (χ0) is 17.6. The largest absolute Gasteiger partial charge is 0.411 e. The lowest BCUT2D eigenvalue weighted by Gasteiger charge is -2.03. The number of carbonyl (C=O) groups is 1. The SMILES string of the molecule is CC(=NO)C(C)=NNC(=O)Cc1ccc([N+](=O)[O-])cc1[N+](=O)[O-]. The number of non-ortho nitro benzene ring substituents is 1. The van der Waals surface area contributed by atoms with Crippen LogP contribution in [0, 0.1) is 20.2 Å². The molecule has 0 saturated heterocycles. The molecule has 0 atom stereocenters. The van der Waals surface area contributed by atoms with Gasteiger partial charge < -0.3 is 5.21 Å². The number of amides is 1. The van der Waals surface area contributed by atoms with Gasteiger partial charge in [-0.15, -0.1) is 0 Å². The van der Waals surface area contributed by atoms with Gasteiger partial charge in [0.1, 0.15) is 0 Å². The van der Waals surface area contributed by atoms with Crippen LogP contribution < -0.4 is 5.43 Å². The molecule has 11 nitrogen and oxygen atoms in total. The van der Waals surface area contributed by atoms with Crippen molar-refractivity contribution < 1.29 is 19.8 Å². The minimum absolute atomic E-state index is 0.0125. The van der Waals surface area contributed by atoms with Crippen molar-refractivity contribution >= 4 is 28.7 Å². The summed E-state index contributed by atoms with van der Waals surface area (Å²) in [4.78, 5) is 31.8. The second kappa shape index (κ2) is 7.59. The molecule has 1 aromatic carbocycles. The first-order valence-corrected chi connectivity index (χ1v) is 6.20. The summed E-state index contributed by atoms with van der Waals surface area (Å²) in [5, 5.41) is 36.7. The fourth-order valence-corrected chi connectivity index (χ4v) is 1.50. The molecule has 11 heteroatoms. The fourth-order valence-electron chi connectivity index (χ4n) is 1.50. The van der Waals surface area contributed by atoms with E-state index in [-0.39, 0.29) is 23.4 Å². The maximum Gasteiger partial charge on any atom is 0.279 e. The van der Waals surface area contributed by atoms with Gasteiger partial charge in [-0.2, -0.15) is 5.10 Å². The number of hydrogen-bond acceptors (Lipinski definition) is 8. The lowest BCUT2D eigenvalue weighted by atomic mass is 10.1. The van der Waals surface area contributed by atoms with Crippen LogP contribution in [0.25, 0.3) is 0 Å². The van der Waals surface area contributed by atoms with E-state index in [9.17, 15) is 25.0 Å². The molecular weight excluding hydrogens is 310 g/mol. The van der Waals surface area contributed by atoms with E-state index in [4.69, 9.17) is 5.21 Å². The zero-order valence-electron chi connectivity index (χ0n) is 12.2.